The van der Waals surface area contributed by atoms with Gasteiger partial charge in [0.05, 0.1) is 12.2 Å². The maximum atomic E-state index is 5.36. The van der Waals surface area contributed by atoms with Crippen LogP contribution in [0.1, 0.15) is 5.69 Å². The lowest BCUT2D eigenvalue weighted by molar-refractivity contribution is 0.320. The van der Waals surface area contributed by atoms with Gasteiger partial charge in [-0.25, -0.2) is 0 Å². The van der Waals surface area contributed by atoms with E-state index < -0.39 is 0 Å². The van der Waals surface area contributed by atoms with E-state index in [1.54, 1.807) is 18.5 Å². The number of hydrogen-bond acceptors (Lipinski definition) is 3. The lowest BCUT2D eigenvalue weighted by Gasteiger charge is -2.18. The summed E-state index contributed by atoms with van der Waals surface area (Å²) in [4.78, 5) is 10.5. The van der Waals surface area contributed by atoms with E-state index >= 15 is 0 Å². The van der Waals surface area contributed by atoms with Gasteiger partial charge in [-0.2, -0.15) is 0 Å². The van der Waals surface area contributed by atoms with Gasteiger partial charge in [0, 0.05) is 31.2 Å². The van der Waals surface area contributed by atoms with Gasteiger partial charge in [-0.15, -0.1) is 6.42 Å². The average molecular weight is 239 g/mol. The lowest BCUT2D eigenvalue weighted by atomic mass is 10.3. The fourth-order valence-electron chi connectivity index (χ4n) is 1.47. The summed E-state index contributed by atoms with van der Waals surface area (Å²) in [6.07, 6.45) is 10.4. The fraction of sp³-hybridized carbons (Fsp3) is 0.200. The number of hydrogen-bond donors (Lipinski definition) is 0. The van der Waals surface area contributed by atoms with Crippen LogP contribution >= 0.6 is 0 Å². The fourth-order valence-corrected chi connectivity index (χ4v) is 1.47. The van der Waals surface area contributed by atoms with E-state index in [0.717, 1.165) is 11.4 Å². The molecule has 3 nitrogen and oxygen atoms in total. The Hall–Kier alpha value is -2.18. The minimum Gasteiger partial charge on any atom is -0.281 e. The molecule has 1 aromatic rings. The van der Waals surface area contributed by atoms with Crippen LogP contribution in [0.5, 0.6) is 0 Å². The normalized spacial score (nSPS) is 10.4. The van der Waals surface area contributed by atoms with E-state index in [1.807, 2.05) is 18.2 Å². The van der Waals surface area contributed by atoms with Crippen molar-refractivity contribution in [3.63, 3.8) is 0 Å². The van der Waals surface area contributed by atoms with Crippen LogP contribution < -0.4 is 0 Å². The molecule has 0 atom stereocenters. The maximum absolute atomic E-state index is 5.36. The Morgan fingerprint density at radius 1 is 1.56 bits per heavy atom. The summed E-state index contributed by atoms with van der Waals surface area (Å²) >= 11 is 0. The summed E-state index contributed by atoms with van der Waals surface area (Å²) in [5, 5.41) is 0. The van der Waals surface area contributed by atoms with Crippen LogP contribution in [0.4, 0.5) is 0 Å². The van der Waals surface area contributed by atoms with Crippen molar-refractivity contribution >= 4 is 6.21 Å². The van der Waals surface area contributed by atoms with Gasteiger partial charge in [-0.05, 0) is 12.1 Å². The largest absolute Gasteiger partial charge is 0.281 e. The standard InChI is InChI=1S/C15H17N3/c1-4-9-16-14(3)12-18(11-5-2)13-15-8-6-7-10-17-15/h2,4,6-10H,1,3,11-13H2. The van der Waals surface area contributed by atoms with Crippen molar-refractivity contribution in [2.45, 2.75) is 6.54 Å². The zero-order chi connectivity index (χ0) is 13.2. The summed E-state index contributed by atoms with van der Waals surface area (Å²) in [5.41, 5.74) is 1.73. The molecule has 0 aromatic carbocycles. The van der Waals surface area contributed by atoms with Gasteiger partial charge in [-0.3, -0.25) is 14.9 Å². The zero-order valence-electron chi connectivity index (χ0n) is 10.4. The summed E-state index contributed by atoms with van der Waals surface area (Å²) in [5.74, 6) is 2.63. The summed E-state index contributed by atoms with van der Waals surface area (Å²) in [6.45, 7) is 9.29. The average Bonchev–Trinajstić information content (AvgIpc) is 2.38. The quantitative estimate of drug-likeness (QED) is 0.539. The van der Waals surface area contributed by atoms with E-state index in [2.05, 4.69) is 34.0 Å². The van der Waals surface area contributed by atoms with E-state index in [4.69, 9.17) is 6.42 Å². The Morgan fingerprint density at radius 2 is 2.39 bits per heavy atom. The molecular formula is C15H17N3. The Labute approximate surface area is 109 Å². The molecular weight excluding hydrogens is 222 g/mol. The topological polar surface area (TPSA) is 28.5 Å². The van der Waals surface area contributed by atoms with Crippen molar-refractivity contribution < 1.29 is 0 Å². The zero-order valence-corrected chi connectivity index (χ0v) is 10.4. The molecule has 1 aromatic heterocycles. The number of nitrogens with zero attached hydrogens (tertiary/aromatic N) is 3. The predicted octanol–water partition coefficient (Wildman–Crippen LogP) is 2.29. The molecule has 0 spiro atoms. The van der Waals surface area contributed by atoms with Gasteiger partial charge < -0.3 is 0 Å². The molecule has 18 heavy (non-hydrogen) atoms. The highest BCUT2D eigenvalue weighted by molar-refractivity contribution is 5.71. The predicted molar refractivity (Wildman–Crippen MR) is 76.2 cm³/mol. The van der Waals surface area contributed by atoms with E-state index in [9.17, 15) is 0 Å². The van der Waals surface area contributed by atoms with Crippen molar-refractivity contribution in [1.29, 1.82) is 0 Å². The van der Waals surface area contributed by atoms with E-state index in [1.165, 1.54) is 0 Å². The molecule has 0 amide bonds. The first kappa shape index (κ1) is 13.9. The second-order valence-electron chi connectivity index (χ2n) is 3.75. The molecule has 0 aliphatic carbocycles. The molecule has 0 aliphatic heterocycles. The van der Waals surface area contributed by atoms with E-state index in [0.29, 0.717) is 19.6 Å². The van der Waals surface area contributed by atoms with Crippen molar-refractivity contribution in [2.75, 3.05) is 13.1 Å². The van der Waals surface area contributed by atoms with Crippen LogP contribution in [0.2, 0.25) is 0 Å². The molecule has 0 saturated carbocycles. The third kappa shape index (κ3) is 5.24. The van der Waals surface area contributed by atoms with Crippen LogP contribution in [0.3, 0.4) is 0 Å². The summed E-state index contributed by atoms with van der Waals surface area (Å²) < 4.78 is 0. The molecule has 3 heteroatoms. The number of rotatable bonds is 7. The second kappa shape index (κ2) is 7.99. The molecule has 0 aliphatic rings. The highest BCUT2D eigenvalue weighted by Crippen LogP contribution is 2.04. The van der Waals surface area contributed by atoms with Crippen LogP contribution in [0, 0.1) is 12.3 Å². The first-order valence-corrected chi connectivity index (χ1v) is 5.65. The third-order valence-electron chi connectivity index (χ3n) is 2.20. The number of terminal acetylenes is 1. The highest BCUT2D eigenvalue weighted by Gasteiger charge is 2.06. The van der Waals surface area contributed by atoms with Crippen LogP contribution in [0.25, 0.3) is 0 Å². The number of pyridine rings is 1. The Balaban J connectivity index is 2.60. The second-order valence-corrected chi connectivity index (χ2v) is 3.75. The number of aliphatic imine (C=N–C) groups is 1. The smallest absolute Gasteiger partial charge is 0.0606 e. The van der Waals surface area contributed by atoms with Crippen molar-refractivity contribution in [3.8, 4) is 12.3 Å². The first-order chi connectivity index (χ1) is 8.76. The third-order valence-corrected chi connectivity index (χ3v) is 2.20. The minimum absolute atomic E-state index is 0.541. The molecule has 0 N–H and O–H groups in total. The first-order valence-electron chi connectivity index (χ1n) is 5.65. The van der Waals surface area contributed by atoms with Crippen LogP contribution in [0.15, 0.2) is 54.3 Å². The van der Waals surface area contributed by atoms with Gasteiger partial charge in [0.25, 0.3) is 0 Å². The Morgan fingerprint density at radius 3 is 3.00 bits per heavy atom. The maximum Gasteiger partial charge on any atom is 0.0606 e. The SMILES string of the molecule is C#CCN(CC(=C)N=CC=C)Cc1ccccn1. The minimum atomic E-state index is 0.541. The van der Waals surface area contributed by atoms with Gasteiger partial charge in [0.15, 0.2) is 0 Å². The van der Waals surface area contributed by atoms with E-state index in [-0.39, 0.29) is 0 Å². The molecule has 0 bridgehead atoms. The Kier molecular flexibility index (Phi) is 6.16. The van der Waals surface area contributed by atoms with Gasteiger partial charge in [-0.1, -0.05) is 31.2 Å². The molecule has 0 unspecified atom stereocenters. The molecule has 1 heterocycles. The van der Waals surface area contributed by atoms with Gasteiger partial charge in [0.2, 0.25) is 0 Å². The van der Waals surface area contributed by atoms with Crippen molar-refractivity contribution in [2.24, 2.45) is 4.99 Å². The molecule has 0 saturated heterocycles. The monoisotopic (exact) mass is 239 g/mol. The van der Waals surface area contributed by atoms with Crippen LogP contribution in [-0.4, -0.2) is 29.2 Å². The van der Waals surface area contributed by atoms with Crippen LogP contribution in [-0.2, 0) is 6.54 Å². The molecule has 1 rings (SSSR count). The highest BCUT2D eigenvalue weighted by atomic mass is 15.1. The molecule has 92 valence electrons. The van der Waals surface area contributed by atoms with Gasteiger partial charge >= 0.3 is 0 Å². The summed E-state index contributed by atoms with van der Waals surface area (Å²) in [6, 6.07) is 5.82. The Bertz CT molecular complexity index is 454. The molecule has 0 fully saturated rings. The molecule has 0 radical (unpaired) electrons. The number of aromatic nitrogens is 1. The van der Waals surface area contributed by atoms with Crippen molar-refractivity contribution in [1.82, 2.24) is 9.88 Å². The van der Waals surface area contributed by atoms with Gasteiger partial charge in [0.1, 0.15) is 0 Å². The van der Waals surface area contributed by atoms with Crippen molar-refractivity contribution in [3.05, 3.63) is 55.0 Å². The lowest BCUT2D eigenvalue weighted by Crippen LogP contribution is -2.26. The summed E-state index contributed by atoms with van der Waals surface area (Å²) in [7, 11) is 0. The number of allylic oxidation sites excluding steroid dienone is 1.